The van der Waals surface area contributed by atoms with Gasteiger partial charge in [-0.25, -0.2) is 4.98 Å². The van der Waals surface area contributed by atoms with Crippen LogP contribution in [0.25, 0.3) is 0 Å². The van der Waals surface area contributed by atoms with E-state index >= 15 is 0 Å². The first-order valence-corrected chi connectivity index (χ1v) is 6.30. The summed E-state index contributed by atoms with van der Waals surface area (Å²) in [4.78, 5) is 15.7. The first-order valence-electron chi connectivity index (χ1n) is 6.30. The lowest BCUT2D eigenvalue weighted by molar-refractivity contribution is -0.122. The van der Waals surface area contributed by atoms with Gasteiger partial charge < -0.3 is 15.2 Å². The summed E-state index contributed by atoms with van der Waals surface area (Å²) in [5.74, 6) is 0.144. The fourth-order valence-corrected chi connectivity index (χ4v) is 2.11. The molecule has 1 aliphatic rings. The van der Waals surface area contributed by atoms with Crippen LogP contribution in [-0.2, 0) is 11.3 Å². The molecule has 0 radical (unpaired) electrons. The van der Waals surface area contributed by atoms with E-state index in [4.69, 9.17) is 0 Å². The number of aryl methyl sites for hydroxylation is 1. The van der Waals surface area contributed by atoms with E-state index in [1.807, 2.05) is 10.8 Å². The van der Waals surface area contributed by atoms with Gasteiger partial charge in [-0.2, -0.15) is 0 Å². The van der Waals surface area contributed by atoms with Crippen LogP contribution in [0, 0.1) is 0 Å². The van der Waals surface area contributed by atoms with Crippen LogP contribution < -0.4 is 10.6 Å². The quantitative estimate of drug-likeness (QED) is 0.802. The number of rotatable bonds is 4. The number of imidazole rings is 1. The summed E-state index contributed by atoms with van der Waals surface area (Å²) in [6.07, 6.45) is 9.15. The summed E-state index contributed by atoms with van der Waals surface area (Å²) in [6.45, 7) is 2.78. The number of carbonyl (C=O) groups excluding carboxylic acids is 1. The molecule has 1 unspecified atom stereocenters. The minimum atomic E-state index is 0.144. The molecule has 5 nitrogen and oxygen atoms in total. The molecule has 0 bridgehead atoms. The van der Waals surface area contributed by atoms with Gasteiger partial charge in [-0.3, -0.25) is 4.79 Å². The Balaban J connectivity index is 1.69. The molecule has 1 aliphatic heterocycles. The van der Waals surface area contributed by atoms with Gasteiger partial charge in [0.15, 0.2) is 0 Å². The molecule has 0 saturated carbocycles. The molecule has 0 spiro atoms. The lowest BCUT2D eigenvalue weighted by Crippen LogP contribution is -2.35. The van der Waals surface area contributed by atoms with E-state index in [1.165, 1.54) is 0 Å². The zero-order chi connectivity index (χ0) is 11.9. The van der Waals surface area contributed by atoms with Crippen LogP contribution in [-0.4, -0.2) is 34.6 Å². The molecule has 2 heterocycles. The molecule has 1 atom stereocenters. The highest BCUT2D eigenvalue weighted by Crippen LogP contribution is 2.05. The van der Waals surface area contributed by atoms with Gasteiger partial charge in [-0.15, -0.1) is 0 Å². The van der Waals surface area contributed by atoms with Crippen molar-refractivity contribution in [1.29, 1.82) is 0 Å². The standard InChI is InChI=1S/C12H20N4O/c17-12(4-8-16-9-7-14-10-16)15-11-2-1-5-13-6-3-11/h7,9-11,13H,1-6,8H2,(H,15,17). The van der Waals surface area contributed by atoms with E-state index in [0.717, 1.165) is 32.4 Å². The third kappa shape index (κ3) is 4.19. The molecular formula is C12H20N4O. The normalized spacial score (nSPS) is 20.8. The average Bonchev–Trinajstić information content (AvgIpc) is 2.72. The molecule has 17 heavy (non-hydrogen) atoms. The number of amides is 1. The third-order valence-corrected chi connectivity index (χ3v) is 3.10. The van der Waals surface area contributed by atoms with Gasteiger partial charge in [0.1, 0.15) is 0 Å². The Kier molecular flexibility index (Phi) is 4.55. The van der Waals surface area contributed by atoms with Crippen molar-refractivity contribution in [2.24, 2.45) is 0 Å². The Labute approximate surface area is 102 Å². The average molecular weight is 236 g/mol. The predicted octanol–water partition coefficient (Wildman–Crippen LogP) is 0.531. The van der Waals surface area contributed by atoms with E-state index in [-0.39, 0.29) is 5.91 Å². The van der Waals surface area contributed by atoms with Crippen LogP contribution in [0.4, 0.5) is 0 Å². The third-order valence-electron chi connectivity index (χ3n) is 3.10. The van der Waals surface area contributed by atoms with Gasteiger partial charge in [0.2, 0.25) is 5.91 Å². The molecule has 1 fully saturated rings. The molecule has 2 rings (SSSR count). The van der Waals surface area contributed by atoms with Crippen LogP contribution in [0.2, 0.25) is 0 Å². The summed E-state index contributed by atoms with van der Waals surface area (Å²) in [6, 6.07) is 0.347. The smallest absolute Gasteiger partial charge is 0.222 e. The molecular weight excluding hydrogens is 216 g/mol. The zero-order valence-electron chi connectivity index (χ0n) is 10.1. The van der Waals surface area contributed by atoms with Crippen molar-refractivity contribution >= 4 is 5.91 Å². The molecule has 5 heteroatoms. The maximum Gasteiger partial charge on any atom is 0.222 e. The van der Waals surface area contributed by atoms with E-state index in [0.29, 0.717) is 19.0 Å². The summed E-state index contributed by atoms with van der Waals surface area (Å²) < 4.78 is 1.92. The van der Waals surface area contributed by atoms with Crippen LogP contribution in [0.1, 0.15) is 25.7 Å². The molecule has 0 aliphatic carbocycles. The Morgan fingerprint density at radius 1 is 1.47 bits per heavy atom. The maximum atomic E-state index is 11.8. The minimum Gasteiger partial charge on any atom is -0.353 e. The topological polar surface area (TPSA) is 59.0 Å². The molecule has 1 aromatic rings. The van der Waals surface area contributed by atoms with Gasteiger partial charge >= 0.3 is 0 Å². The van der Waals surface area contributed by atoms with Crippen LogP contribution >= 0.6 is 0 Å². The fraction of sp³-hybridized carbons (Fsp3) is 0.667. The Morgan fingerprint density at radius 3 is 3.24 bits per heavy atom. The first kappa shape index (κ1) is 12.1. The summed E-state index contributed by atoms with van der Waals surface area (Å²) in [5, 5.41) is 6.45. The predicted molar refractivity (Wildman–Crippen MR) is 65.5 cm³/mol. The van der Waals surface area contributed by atoms with Crippen molar-refractivity contribution in [3.05, 3.63) is 18.7 Å². The van der Waals surface area contributed by atoms with Crippen molar-refractivity contribution in [2.45, 2.75) is 38.3 Å². The maximum absolute atomic E-state index is 11.8. The van der Waals surface area contributed by atoms with Crippen LogP contribution in [0.3, 0.4) is 0 Å². The Bertz CT molecular complexity index is 328. The van der Waals surface area contributed by atoms with E-state index in [9.17, 15) is 4.79 Å². The highest BCUT2D eigenvalue weighted by atomic mass is 16.1. The van der Waals surface area contributed by atoms with E-state index in [1.54, 1.807) is 12.5 Å². The van der Waals surface area contributed by atoms with Crippen molar-refractivity contribution < 1.29 is 4.79 Å². The molecule has 0 aromatic carbocycles. The lowest BCUT2D eigenvalue weighted by atomic mass is 10.1. The number of aromatic nitrogens is 2. The van der Waals surface area contributed by atoms with E-state index < -0.39 is 0 Å². The number of nitrogens with one attached hydrogen (secondary N) is 2. The van der Waals surface area contributed by atoms with Crippen molar-refractivity contribution in [2.75, 3.05) is 13.1 Å². The summed E-state index contributed by atoms with van der Waals surface area (Å²) >= 11 is 0. The molecule has 1 amide bonds. The second-order valence-corrected chi connectivity index (χ2v) is 4.50. The van der Waals surface area contributed by atoms with Crippen molar-refractivity contribution in [3.63, 3.8) is 0 Å². The largest absolute Gasteiger partial charge is 0.353 e. The Hall–Kier alpha value is -1.36. The van der Waals surface area contributed by atoms with Gasteiger partial charge in [0, 0.05) is 31.4 Å². The Morgan fingerprint density at radius 2 is 2.41 bits per heavy atom. The molecule has 1 aromatic heterocycles. The van der Waals surface area contributed by atoms with Gasteiger partial charge in [-0.05, 0) is 32.4 Å². The summed E-state index contributed by atoms with van der Waals surface area (Å²) in [5.41, 5.74) is 0. The number of carbonyl (C=O) groups is 1. The second-order valence-electron chi connectivity index (χ2n) is 4.50. The van der Waals surface area contributed by atoms with E-state index in [2.05, 4.69) is 15.6 Å². The number of hydrogen-bond acceptors (Lipinski definition) is 3. The van der Waals surface area contributed by atoms with Crippen molar-refractivity contribution in [1.82, 2.24) is 20.2 Å². The van der Waals surface area contributed by atoms with Gasteiger partial charge in [0.25, 0.3) is 0 Å². The highest BCUT2D eigenvalue weighted by Gasteiger charge is 2.13. The van der Waals surface area contributed by atoms with Crippen LogP contribution in [0.5, 0.6) is 0 Å². The number of hydrogen-bond donors (Lipinski definition) is 2. The lowest BCUT2D eigenvalue weighted by Gasteiger charge is -2.15. The first-order chi connectivity index (χ1) is 8.34. The zero-order valence-corrected chi connectivity index (χ0v) is 10.1. The monoisotopic (exact) mass is 236 g/mol. The molecule has 94 valence electrons. The number of nitrogens with zero attached hydrogens (tertiary/aromatic N) is 2. The second kappa shape index (κ2) is 6.39. The highest BCUT2D eigenvalue weighted by molar-refractivity contribution is 5.76. The molecule has 1 saturated heterocycles. The van der Waals surface area contributed by atoms with Gasteiger partial charge in [-0.1, -0.05) is 0 Å². The fourth-order valence-electron chi connectivity index (χ4n) is 2.11. The van der Waals surface area contributed by atoms with Crippen LogP contribution in [0.15, 0.2) is 18.7 Å². The molecule has 2 N–H and O–H groups in total. The summed E-state index contributed by atoms with van der Waals surface area (Å²) in [7, 11) is 0. The SMILES string of the molecule is O=C(CCn1ccnc1)NC1CCCNCC1. The minimum absolute atomic E-state index is 0.144. The van der Waals surface area contributed by atoms with Gasteiger partial charge in [0.05, 0.1) is 6.33 Å². The van der Waals surface area contributed by atoms with Crippen molar-refractivity contribution in [3.8, 4) is 0 Å².